The van der Waals surface area contributed by atoms with Gasteiger partial charge in [-0.15, -0.1) is 0 Å². The van der Waals surface area contributed by atoms with Crippen molar-refractivity contribution in [3.63, 3.8) is 0 Å². The van der Waals surface area contributed by atoms with Gasteiger partial charge in [0.1, 0.15) is 32.7 Å². The van der Waals surface area contributed by atoms with E-state index >= 15 is 0 Å². The van der Waals surface area contributed by atoms with Crippen molar-refractivity contribution in [1.82, 2.24) is 5.32 Å². The third-order valence-corrected chi connectivity index (χ3v) is 5.26. The number of urea groups is 1. The molecule has 1 fully saturated rings. The minimum atomic E-state index is -0.540. The van der Waals surface area contributed by atoms with Crippen LogP contribution in [0.3, 0.4) is 0 Å². The van der Waals surface area contributed by atoms with E-state index in [0.717, 1.165) is 32.7 Å². The SMILES string of the molecule is O=C(C[NH+]1CC[NH+](Cc2ccccc2)CC1)NC(=O)Nc1ccc2c(c1)OCO2. The molecule has 0 bridgehead atoms. The number of hydrogen-bond acceptors (Lipinski definition) is 4. The van der Waals surface area contributed by atoms with Gasteiger partial charge in [0.15, 0.2) is 18.0 Å². The van der Waals surface area contributed by atoms with Gasteiger partial charge in [0.2, 0.25) is 6.79 Å². The zero-order valence-electron chi connectivity index (χ0n) is 16.2. The monoisotopic (exact) mass is 398 g/mol. The van der Waals surface area contributed by atoms with E-state index in [0.29, 0.717) is 23.7 Å². The molecule has 2 aliphatic heterocycles. The fraction of sp³-hybridized carbons (Fsp3) is 0.333. The lowest BCUT2D eigenvalue weighted by atomic mass is 10.2. The number of ether oxygens (including phenoxy) is 2. The Bertz CT molecular complexity index is 866. The van der Waals surface area contributed by atoms with Crippen LogP contribution >= 0.6 is 0 Å². The maximum Gasteiger partial charge on any atom is 0.326 e. The molecule has 0 radical (unpaired) electrons. The van der Waals surface area contributed by atoms with Crippen molar-refractivity contribution in [2.24, 2.45) is 0 Å². The molecular formula is C21H26N4O4+2. The molecule has 2 aromatic carbocycles. The molecule has 4 rings (SSSR count). The van der Waals surface area contributed by atoms with Gasteiger partial charge in [-0.05, 0) is 12.1 Å². The van der Waals surface area contributed by atoms with Crippen molar-refractivity contribution in [3.05, 3.63) is 54.1 Å². The lowest BCUT2D eigenvalue weighted by molar-refractivity contribution is -1.02. The molecule has 152 valence electrons. The molecule has 2 aliphatic rings. The second kappa shape index (κ2) is 8.93. The van der Waals surface area contributed by atoms with Crippen LogP contribution in [0.5, 0.6) is 11.5 Å². The van der Waals surface area contributed by atoms with Crippen molar-refractivity contribution in [2.45, 2.75) is 6.54 Å². The van der Waals surface area contributed by atoms with Gasteiger partial charge in [-0.2, -0.15) is 0 Å². The van der Waals surface area contributed by atoms with Crippen LogP contribution in [0.15, 0.2) is 48.5 Å². The lowest BCUT2D eigenvalue weighted by Gasteiger charge is -2.29. The van der Waals surface area contributed by atoms with E-state index in [9.17, 15) is 9.59 Å². The maximum atomic E-state index is 12.2. The molecule has 1 saturated heterocycles. The summed E-state index contributed by atoms with van der Waals surface area (Å²) in [4.78, 5) is 27.1. The Morgan fingerprint density at radius 1 is 0.897 bits per heavy atom. The van der Waals surface area contributed by atoms with Gasteiger partial charge in [0.25, 0.3) is 5.91 Å². The summed E-state index contributed by atoms with van der Waals surface area (Å²) in [5, 5.41) is 5.06. The first-order chi connectivity index (χ1) is 14.2. The van der Waals surface area contributed by atoms with Gasteiger partial charge in [-0.1, -0.05) is 30.3 Å². The van der Waals surface area contributed by atoms with Crippen molar-refractivity contribution in [3.8, 4) is 11.5 Å². The summed E-state index contributed by atoms with van der Waals surface area (Å²) in [7, 11) is 0. The molecule has 8 heteroatoms. The number of fused-ring (bicyclic) bond motifs is 1. The Morgan fingerprint density at radius 2 is 1.62 bits per heavy atom. The minimum Gasteiger partial charge on any atom is -0.454 e. The van der Waals surface area contributed by atoms with Gasteiger partial charge < -0.3 is 24.6 Å². The molecule has 3 amide bonds. The van der Waals surface area contributed by atoms with Crippen molar-refractivity contribution < 1.29 is 28.9 Å². The molecule has 0 aliphatic carbocycles. The topological polar surface area (TPSA) is 85.5 Å². The van der Waals surface area contributed by atoms with E-state index in [1.165, 1.54) is 15.4 Å². The zero-order chi connectivity index (χ0) is 20.1. The van der Waals surface area contributed by atoms with Gasteiger partial charge in [0, 0.05) is 17.3 Å². The Kier molecular flexibility index (Phi) is 5.92. The fourth-order valence-electron chi connectivity index (χ4n) is 3.73. The molecule has 8 nitrogen and oxygen atoms in total. The van der Waals surface area contributed by atoms with E-state index in [-0.39, 0.29) is 12.7 Å². The van der Waals surface area contributed by atoms with E-state index in [2.05, 4.69) is 34.9 Å². The maximum absolute atomic E-state index is 12.2. The Balaban J connectivity index is 1.18. The average molecular weight is 398 g/mol. The van der Waals surface area contributed by atoms with Crippen LogP contribution in [-0.4, -0.2) is 51.5 Å². The molecule has 0 aromatic heterocycles. The van der Waals surface area contributed by atoms with Crippen LogP contribution in [0.2, 0.25) is 0 Å². The van der Waals surface area contributed by atoms with Gasteiger partial charge in [-0.3, -0.25) is 10.1 Å². The quantitative estimate of drug-likeness (QED) is 0.523. The summed E-state index contributed by atoms with van der Waals surface area (Å²) in [5.74, 6) is 0.948. The molecular weight excluding hydrogens is 372 g/mol. The van der Waals surface area contributed by atoms with Crippen LogP contribution in [0.4, 0.5) is 10.5 Å². The third kappa shape index (κ3) is 5.24. The van der Waals surface area contributed by atoms with E-state index in [4.69, 9.17) is 9.47 Å². The highest BCUT2D eigenvalue weighted by atomic mass is 16.7. The Hall–Kier alpha value is -3.10. The van der Waals surface area contributed by atoms with E-state index < -0.39 is 6.03 Å². The van der Waals surface area contributed by atoms with Crippen LogP contribution in [0, 0.1) is 0 Å². The summed E-state index contributed by atoms with van der Waals surface area (Å²) in [6.45, 7) is 5.35. The largest absolute Gasteiger partial charge is 0.454 e. The number of benzene rings is 2. The number of anilines is 1. The molecule has 0 saturated carbocycles. The summed E-state index contributed by atoms with van der Waals surface area (Å²) < 4.78 is 10.5. The van der Waals surface area contributed by atoms with Gasteiger partial charge in [-0.25, -0.2) is 4.79 Å². The minimum absolute atomic E-state index is 0.173. The van der Waals surface area contributed by atoms with Crippen LogP contribution in [0.25, 0.3) is 0 Å². The fourth-order valence-corrected chi connectivity index (χ4v) is 3.73. The second-order valence-corrected chi connectivity index (χ2v) is 7.41. The number of imide groups is 1. The number of hydrogen-bond donors (Lipinski definition) is 4. The summed E-state index contributed by atoms with van der Waals surface area (Å²) >= 11 is 0. The predicted molar refractivity (Wildman–Crippen MR) is 106 cm³/mol. The number of amides is 3. The standard InChI is InChI=1S/C21H24N4O4/c26-20(23-21(27)22-17-6-7-18-19(12-17)29-15-28-18)14-25-10-8-24(9-11-25)13-16-4-2-1-3-5-16/h1-7,12H,8-11,13-15H2,(H2,22,23,26,27)/p+2. The predicted octanol–water partition coefficient (Wildman–Crippen LogP) is -0.953. The molecule has 0 unspecified atom stereocenters. The molecule has 2 heterocycles. The van der Waals surface area contributed by atoms with Gasteiger partial charge in [0.05, 0.1) is 0 Å². The molecule has 0 spiro atoms. The molecule has 29 heavy (non-hydrogen) atoms. The van der Waals surface area contributed by atoms with Crippen LogP contribution < -0.4 is 29.9 Å². The Morgan fingerprint density at radius 3 is 2.41 bits per heavy atom. The lowest BCUT2D eigenvalue weighted by Crippen LogP contribution is -3.28. The van der Waals surface area contributed by atoms with Gasteiger partial charge >= 0.3 is 6.03 Å². The second-order valence-electron chi connectivity index (χ2n) is 7.41. The van der Waals surface area contributed by atoms with Crippen molar-refractivity contribution in [1.29, 1.82) is 0 Å². The molecule has 4 N–H and O–H groups in total. The van der Waals surface area contributed by atoms with Crippen molar-refractivity contribution >= 4 is 17.6 Å². The average Bonchev–Trinajstić information content (AvgIpc) is 3.18. The van der Waals surface area contributed by atoms with Crippen molar-refractivity contribution in [2.75, 3.05) is 44.8 Å². The highest BCUT2D eigenvalue weighted by Gasteiger charge is 2.25. The normalized spacial score (nSPS) is 20.1. The third-order valence-electron chi connectivity index (χ3n) is 5.26. The smallest absolute Gasteiger partial charge is 0.326 e. The first-order valence-corrected chi connectivity index (χ1v) is 9.87. The van der Waals surface area contributed by atoms with Crippen LogP contribution in [-0.2, 0) is 11.3 Å². The number of piperazine rings is 1. The number of carbonyl (C=O) groups is 2. The number of rotatable bonds is 5. The number of nitrogens with one attached hydrogen (secondary N) is 4. The summed E-state index contributed by atoms with van der Waals surface area (Å²) in [5.41, 5.74) is 1.88. The summed E-state index contributed by atoms with van der Waals surface area (Å²) in [6, 6.07) is 15.0. The highest BCUT2D eigenvalue weighted by molar-refractivity contribution is 6.01. The van der Waals surface area contributed by atoms with E-state index in [1.807, 2.05) is 6.07 Å². The number of carbonyl (C=O) groups excluding carboxylic acids is 2. The highest BCUT2D eigenvalue weighted by Crippen LogP contribution is 2.34. The van der Waals surface area contributed by atoms with Crippen LogP contribution in [0.1, 0.15) is 5.56 Å². The van der Waals surface area contributed by atoms with E-state index in [1.54, 1.807) is 18.2 Å². The first kappa shape index (κ1) is 19.2. The molecule has 0 atom stereocenters. The number of quaternary nitrogens is 2. The first-order valence-electron chi connectivity index (χ1n) is 9.87. The summed E-state index contributed by atoms with van der Waals surface area (Å²) in [6.07, 6.45) is 0. The Labute approximate surface area is 169 Å². The molecule has 2 aromatic rings. The zero-order valence-corrected chi connectivity index (χ0v) is 16.2.